The van der Waals surface area contributed by atoms with E-state index >= 15 is 0 Å². The second-order valence-electron chi connectivity index (χ2n) is 5.01. The standard InChI is InChI=1S/C15H21N3.2ClH/c1-12-3-4-14(11-13(12)2)15(5-6-16)18-9-7-17-8-10-18;;/h3-4,11,15,17H,5,7-10H2,1-2H3;2*1H/t15-;;/m0../s1. The van der Waals surface area contributed by atoms with Gasteiger partial charge in [-0.1, -0.05) is 18.2 Å². The van der Waals surface area contributed by atoms with Crippen LogP contribution in [0.1, 0.15) is 29.2 Å². The Morgan fingerprint density at radius 2 is 1.85 bits per heavy atom. The van der Waals surface area contributed by atoms with Gasteiger partial charge in [-0.25, -0.2) is 0 Å². The van der Waals surface area contributed by atoms with Crippen molar-refractivity contribution in [2.75, 3.05) is 26.2 Å². The van der Waals surface area contributed by atoms with Gasteiger partial charge in [-0.15, -0.1) is 24.8 Å². The van der Waals surface area contributed by atoms with E-state index in [9.17, 15) is 0 Å². The van der Waals surface area contributed by atoms with E-state index in [1.54, 1.807) is 0 Å². The van der Waals surface area contributed by atoms with Crippen LogP contribution in [0.15, 0.2) is 18.2 Å². The molecule has 20 heavy (non-hydrogen) atoms. The van der Waals surface area contributed by atoms with Gasteiger partial charge in [0.15, 0.2) is 0 Å². The highest BCUT2D eigenvalue weighted by Crippen LogP contribution is 2.26. The van der Waals surface area contributed by atoms with Crippen molar-refractivity contribution in [1.29, 1.82) is 5.26 Å². The highest BCUT2D eigenvalue weighted by Gasteiger charge is 2.22. The first-order valence-corrected chi connectivity index (χ1v) is 6.61. The molecule has 1 aliphatic heterocycles. The lowest BCUT2D eigenvalue weighted by Gasteiger charge is -2.34. The summed E-state index contributed by atoms with van der Waals surface area (Å²) in [5.41, 5.74) is 3.90. The Kier molecular flexibility index (Phi) is 8.84. The molecule has 0 spiro atoms. The molecule has 0 aromatic heterocycles. The smallest absolute Gasteiger partial charge is 0.0641 e. The minimum absolute atomic E-state index is 0. The van der Waals surface area contributed by atoms with Gasteiger partial charge >= 0.3 is 0 Å². The maximum absolute atomic E-state index is 9.06. The number of rotatable bonds is 3. The fourth-order valence-electron chi connectivity index (χ4n) is 2.51. The molecule has 112 valence electrons. The molecule has 0 saturated carbocycles. The summed E-state index contributed by atoms with van der Waals surface area (Å²) in [4.78, 5) is 2.42. The summed E-state index contributed by atoms with van der Waals surface area (Å²) in [6, 6.07) is 9.15. The van der Waals surface area contributed by atoms with Crippen molar-refractivity contribution in [3.05, 3.63) is 34.9 Å². The summed E-state index contributed by atoms with van der Waals surface area (Å²) in [5.74, 6) is 0. The Bertz CT molecular complexity index is 451. The molecule has 1 N–H and O–H groups in total. The zero-order valence-electron chi connectivity index (χ0n) is 12.1. The topological polar surface area (TPSA) is 39.1 Å². The highest BCUT2D eigenvalue weighted by atomic mass is 35.5. The van der Waals surface area contributed by atoms with Crippen LogP contribution in [0.3, 0.4) is 0 Å². The number of aryl methyl sites for hydroxylation is 2. The van der Waals surface area contributed by atoms with E-state index in [0.717, 1.165) is 26.2 Å². The van der Waals surface area contributed by atoms with Crippen LogP contribution in [0.4, 0.5) is 0 Å². The Morgan fingerprint density at radius 1 is 1.20 bits per heavy atom. The van der Waals surface area contributed by atoms with Crippen molar-refractivity contribution in [3.63, 3.8) is 0 Å². The Balaban J connectivity index is 0.00000180. The van der Waals surface area contributed by atoms with Crippen LogP contribution in [-0.2, 0) is 0 Å². The molecule has 2 rings (SSSR count). The van der Waals surface area contributed by atoms with Gasteiger partial charge in [-0.3, -0.25) is 4.90 Å². The third-order valence-corrected chi connectivity index (χ3v) is 3.79. The maximum Gasteiger partial charge on any atom is 0.0641 e. The third-order valence-electron chi connectivity index (χ3n) is 3.79. The van der Waals surface area contributed by atoms with Crippen LogP contribution in [0, 0.1) is 25.2 Å². The number of piperazine rings is 1. The molecule has 0 amide bonds. The van der Waals surface area contributed by atoms with Gasteiger partial charge in [0.05, 0.1) is 12.5 Å². The number of nitriles is 1. The summed E-state index contributed by atoms with van der Waals surface area (Å²) in [5, 5.41) is 12.4. The van der Waals surface area contributed by atoms with E-state index < -0.39 is 0 Å². The van der Waals surface area contributed by atoms with Crippen molar-refractivity contribution in [2.24, 2.45) is 0 Å². The normalized spacial score (nSPS) is 16.4. The van der Waals surface area contributed by atoms with Gasteiger partial charge in [0.2, 0.25) is 0 Å². The monoisotopic (exact) mass is 315 g/mol. The molecule has 0 bridgehead atoms. The SMILES string of the molecule is Cc1ccc([C@H](CC#N)N2CCNCC2)cc1C.Cl.Cl. The zero-order chi connectivity index (χ0) is 13.0. The van der Waals surface area contributed by atoms with Crippen LogP contribution in [0.2, 0.25) is 0 Å². The van der Waals surface area contributed by atoms with Crippen LogP contribution in [0.25, 0.3) is 0 Å². The molecular weight excluding hydrogens is 293 g/mol. The number of hydrogen-bond donors (Lipinski definition) is 1. The molecule has 3 nitrogen and oxygen atoms in total. The minimum Gasteiger partial charge on any atom is -0.314 e. The fraction of sp³-hybridized carbons (Fsp3) is 0.533. The molecular formula is C15H23Cl2N3. The van der Waals surface area contributed by atoms with E-state index in [-0.39, 0.29) is 30.9 Å². The number of nitrogens with one attached hydrogen (secondary N) is 1. The number of benzene rings is 1. The quantitative estimate of drug-likeness (QED) is 0.932. The minimum atomic E-state index is 0. The van der Waals surface area contributed by atoms with Crippen molar-refractivity contribution < 1.29 is 0 Å². The third kappa shape index (κ3) is 4.64. The van der Waals surface area contributed by atoms with Gasteiger partial charge < -0.3 is 5.32 Å². The lowest BCUT2D eigenvalue weighted by Crippen LogP contribution is -2.45. The van der Waals surface area contributed by atoms with Crippen LogP contribution < -0.4 is 5.32 Å². The van der Waals surface area contributed by atoms with E-state index in [0.29, 0.717) is 6.42 Å². The molecule has 1 aromatic rings. The van der Waals surface area contributed by atoms with Crippen molar-refractivity contribution >= 4 is 24.8 Å². The number of halogens is 2. The van der Waals surface area contributed by atoms with Gasteiger partial charge in [0.1, 0.15) is 0 Å². The van der Waals surface area contributed by atoms with E-state index in [2.05, 4.69) is 48.3 Å². The first kappa shape index (κ1) is 19.2. The molecule has 5 heteroatoms. The number of nitrogens with zero attached hydrogens (tertiary/aromatic N) is 2. The van der Waals surface area contributed by atoms with Gasteiger partial charge in [0.25, 0.3) is 0 Å². The van der Waals surface area contributed by atoms with Gasteiger partial charge in [-0.2, -0.15) is 5.26 Å². The predicted molar refractivity (Wildman–Crippen MR) is 87.8 cm³/mol. The average Bonchev–Trinajstić information content (AvgIpc) is 2.40. The summed E-state index contributed by atoms with van der Waals surface area (Å²) in [6.07, 6.45) is 0.572. The molecule has 1 fully saturated rings. The van der Waals surface area contributed by atoms with Crippen molar-refractivity contribution in [1.82, 2.24) is 10.2 Å². The summed E-state index contributed by atoms with van der Waals surface area (Å²) >= 11 is 0. The largest absolute Gasteiger partial charge is 0.314 e. The first-order chi connectivity index (χ1) is 8.72. The van der Waals surface area contributed by atoms with Crippen LogP contribution in [-0.4, -0.2) is 31.1 Å². The molecule has 1 heterocycles. The maximum atomic E-state index is 9.06. The molecule has 1 atom stereocenters. The van der Waals surface area contributed by atoms with E-state index in [1.807, 2.05) is 0 Å². The van der Waals surface area contributed by atoms with Crippen molar-refractivity contribution in [3.8, 4) is 6.07 Å². The van der Waals surface area contributed by atoms with Gasteiger partial charge in [-0.05, 0) is 30.5 Å². The van der Waals surface area contributed by atoms with Gasteiger partial charge in [0, 0.05) is 32.2 Å². The van der Waals surface area contributed by atoms with Crippen LogP contribution >= 0.6 is 24.8 Å². The number of hydrogen-bond acceptors (Lipinski definition) is 3. The van der Waals surface area contributed by atoms with Crippen molar-refractivity contribution in [2.45, 2.75) is 26.3 Å². The van der Waals surface area contributed by atoms with E-state index in [4.69, 9.17) is 5.26 Å². The second-order valence-corrected chi connectivity index (χ2v) is 5.01. The Morgan fingerprint density at radius 3 is 2.40 bits per heavy atom. The average molecular weight is 316 g/mol. The summed E-state index contributed by atoms with van der Waals surface area (Å²) < 4.78 is 0. The summed E-state index contributed by atoms with van der Waals surface area (Å²) in [6.45, 7) is 8.36. The fourth-order valence-corrected chi connectivity index (χ4v) is 2.51. The highest BCUT2D eigenvalue weighted by molar-refractivity contribution is 5.85. The zero-order valence-corrected chi connectivity index (χ0v) is 13.7. The van der Waals surface area contributed by atoms with Crippen LogP contribution in [0.5, 0.6) is 0 Å². The molecule has 1 aliphatic rings. The molecule has 0 unspecified atom stereocenters. The molecule has 0 aliphatic carbocycles. The lowest BCUT2D eigenvalue weighted by atomic mass is 9.97. The Hall–Kier alpha value is -0.790. The summed E-state index contributed by atoms with van der Waals surface area (Å²) in [7, 11) is 0. The first-order valence-electron chi connectivity index (χ1n) is 6.61. The second kappa shape index (κ2) is 9.20. The molecule has 1 aromatic carbocycles. The molecule has 1 saturated heterocycles. The Labute approximate surface area is 134 Å². The van der Waals surface area contributed by atoms with E-state index in [1.165, 1.54) is 16.7 Å². The molecule has 0 radical (unpaired) electrons. The lowest BCUT2D eigenvalue weighted by molar-refractivity contribution is 0.175. The predicted octanol–water partition coefficient (Wildman–Crippen LogP) is 3.01.